The van der Waals surface area contributed by atoms with Crippen molar-refractivity contribution in [2.75, 3.05) is 6.54 Å². The summed E-state index contributed by atoms with van der Waals surface area (Å²) in [5, 5.41) is 0. The fourth-order valence-corrected chi connectivity index (χ4v) is 0.797. The molecule has 3 N–H and O–H groups in total. The highest BCUT2D eigenvalue weighted by Crippen LogP contribution is 2.07. The van der Waals surface area contributed by atoms with E-state index >= 15 is 0 Å². The van der Waals surface area contributed by atoms with Crippen molar-refractivity contribution in [1.29, 1.82) is 0 Å². The zero-order chi connectivity index (χ0) is 5.82. The molecule has 0 saturated carbocycles. The van der Waals surface area contributed by atoms with Crippen LogP contribution >= 0.6 is 0 Å². The van der Waals surface area contributed by atoms with Crippen LogP contribution in [-0.2, 0) is 4.74 Å². The summed E-state index contributed by atoms with van der Waals surface area (Å²) in [6, 6.07) is 0. The molecule has 2 heteroatoms. The minimum Gasteiger partial charge on any atom is -0.492 e. The van der Waals surface area contributed by atoms with Crippen LogP contribution in [0.25, 0.3) is 0 Å². The van der Waals surface area contributed by atoms with E-state index in [0.29, 0.717) is 6.10 Å². The largest absolute Gasteiger partial charge is 0.492 e. The molecule has 0 fully saturated rings. The molecule has 1 rings (SSSR count). The first-order chi connectivity index (χ1) is 3.93. The van der Waals surface area contributed by atoms with Gasteiger partial charge < -0.3 is 10.5 Å². The molecule has 1 atom stereocenters. The van der Waals surface area contributed by atoms with E-state index in [1.165, 1.54) is 0 Å². The minimum absolute atomic E-state index is 0.389. The molecule has 0 spiro atoms. The van der Waals surface area contributed by atoms with Gasteiger partial charge >= 0.3 is 0 Å². The number of ether oxygens (including phenoxy) is 1. The Morgan fingerprint density at radius 1 is 1.75 bits per heavy atom. The Morgan fingerprint density at radius 3 is 3.00 bits per heavy atom. The molecule has 0 radical (unpaired) electrons. The van der Waals surface area contributed by atoms with Crippen molar-refractivity contribution < 1.29 is 10.5 Å². The number of hydrogen-bond acceptors (Lipinski definition) is 1. The van der Waals surface area contributed by atoms with Crippen molar-refractivity contribution in [2.45, 2.75) is 18.9 Å². The van der Waals surface area contributed by atoms with E-state index in [1.807, 2.05) is 6.08 Å². The molecule has 0 aromatic rings. The Kier molecular flexibility index (Phi) is 1.92. The maximum absolute atomic E-state index is 5.18. The van der Waals surface area contributed by atoms with E-state index in [1.54, 1.807) is 6.26 Å². The van der Waals surface area contributed by atoms with Crippen molar-refractivity contribution >= 4 is 0 Å². The molecule has 1 heterocycles. The third-order valence-corrected chi connectivity index (χ3v) is 1.34. The van der Waals surface area contributed by atoms with Gasteiger partial charge in [-0.1, -0.05) is 0 Å². The number of allylic oxidation sites excluding steroid dienone is 1. The Hall–Kier alpha value is -0.500. The first-order valence-electron chi connectivity index (χ1n) is 3.03. The van der Waals surface area contributed by atoms with Gasteiger partial charge in [0.1, 0.15) is 12.6 Å². The highest BCUT2D eigenvalue weighted by atomic mass is 16.5. The SMILES string of the molecule is [NH3+]C[C@H]1CCC=CO1. The van der Waals surface area contributed by atoms with Crippen LogP contribution in [-0.4, -0.2) is 12.6 Å². The second-order valence-electron chi connectivity index (χ2n) is 2.00. The first kappa shape index (κ1) is 5.63. The summed E-state index contributed by atoms with van der Waals surface area (Å²) in [5.41, 5.74) is 3.75. The lowest BCUT2D eigenvalue weighted by Gasteiger charge is -2.14. The predicted molar refractivity (Wildman–Crippen MR) is 31.0 cm³/mol. The quantitative estimate of drug-likeness (QED) is 0.508. The lowest BCUT2D eigenvalue weighted by atomic mass is 10.2. The fraction of sp³-hybridized carbons (Fsp3) is 0.667. The van der Waals surface area contributed by atoms with Crippen LogP contribution in [0.15, 0.2) is 12.3 Å². The molecule has 0 bridgehead atoms. The van der Waals surface area contributed by atoms with Gasteiger partial charge in [0.2, 0.25) is 0 Å². The van der Waals surface area contributed by atoms with Gasteiger partial charge in [0, 0.05) is 0 Å². The maximum atomic E-state index is 5.18. The van der Waals surface area contributed by atoms with E-state index < -0.39 is 0 Å². The van der Waals surface area contributed by atoms with Crippen LogP contribution in [0.1, 0.15) is 12.8 Å². The summed E-state index contributed by atoms with van der Waals surface area (Å²) in [7, 11) is 0. The monoisotopic (exact) mass is 114 g/mol. The molecule has 0 aromatic carbocycles. The lowest BCUT2D eigenvalue weighted by molar-refractivity contribution is -0.384. The average Bonchev–Trinajstić information content (AvgIpc) is 1.90. The van der Waals surface area contributed by atoms with Crippen molar-refractivity contribution in [3.63, 3.8) is 0 Å². The summed E-state index contributed by atoms with van der Waals surface area (Å²) in [5.74, 6) is 0. The maximum Gasteiger partial charge on any atom is 0.146 e. The minimum atomic E-state index is 0.389. The summed E-state index contributed by atoms with van der Waals surface area (Å²) in [6.45, 7) is 0.893. The fourth-order valence-electron chi connectivity index (χ4n) is 0.797. The Bertz CT molecular complexity index is 90.5. The second-order valence-corrected chi connectivity index (χ2v) is 2.00. The van der Waals surface area contributed by atoms with Gasteiger partial charge in [0.25, 0.3) is 0 Å². The molecule has 1 aliphatic rings. The van der Waals surface area contributed by atoms with Crippen LogP contribution in [0.4, 0.5) is 0 Å². The van der Waals surface area contributed by atoms with Gasteiger partial charge in [-0.2, -0.15) is 0 Å². The van der Waals surface area contributed by atoms with Crippen LogP contribution in [0, 0.1) is 0 Å². The van der Waals surface area contributed by atoms with Crippen LogP contribution in [0.3, 0.4) is 0 Å². The number of hydrogen-bond donors (Lipinski definition) is 1. The molecular weight excluding hydrogens is 102 g/mol. The first-order valence-corrected chi connectivity index (χ1v) is 3.03. The molecule has 0 unspecified atom stereocenters. The van der Waals surface area contributed by atoms with Gasteiger partial charge in [-0.3, -0.25) is 0 Å². The van der Waals surface area contributed by atoms with E-state index in [9.17, 15) is 0 Å². The van der Waals surface area contributed by atoms with Crippen LogP contribution < -0.4 is 5.73 Å². The normalized spacial score (nSPS) is 27.4. The molecule has 0 amide bonds. The van der Waals surface area contributed by atoms with Crippen molar-refractivity contribution in [3.05, 3.63) is 12.3 Å². The summed E-state index contributed by atoms with van der Waals surface area (Å²) >= 11 is 0. The molecular formula is C6H12NO+. The molecule has 46 valence electrons. The van der Waals surface area contributed by atoms with Crippen LogP contribution in [0.5, 0.6) is 0 Å². The topological polar surface area (TPSA) is 36.9 Å². The summed E-state index contributed by atoms with van der Waals surface area (Å²) in [4.78, 5) is 0. The molecule has 1 aliphatic heterocycles. The van der Waals surface area contributed by atoms with Gasteiger partial charge in [0.15, 0.2) is 0 Å². The predicted octanol–water partition coefficient (Wildman–Crippen LogP) is -0.0790. The van der Waals surface area contributed by atoms with Gasteiger partial charge in [0.05, 0.1) is 6.26 Å². The Labute approximate surface area is 49.3 Å². The molecule has 0 aliphatic carbocycles. The van der Waals surface area contributed by atoms with Crippen molar-refractivity contribution in [3.8, 4) is 0 Å². The smallest absolute Gasteiger partial charge is 0.146 e. The van der Waals surface area contributed by atoms with Gasteiger partial charge in [-0.05, 0) is 18.9 Å². The molecule has 0 aromatic heterocycles. The van der Waals surface area contributed by atoms with E-state index in [0.717, 1.165) is 19.4 Å². The Balaban J connectivity index is 2.27. The Morgan fingerprint density at radius 2 is 2.62 bits per heavy atom. The van der Waals surface area contributed by atoms with E-state index in [2.05, 4.69) is 5.73 Å². The summed E-state index contributed by atoms with van der Waals surface area (Å²) < 4.78 is 5.18. The van der Waals surface area contributed by atoms with Gasteiger partial charge in [-0.15, -0.1) is 0 Å². The molecule has 2 nitrogen and oxygen atoms in total. The zero-order valence-corrected chi connectivity index (χ0v) is 4.97. The molecule has 0 saturated heterocycles. The molecule has 8 heavy (non-hydrogen) atoms. The highest BCUT2D eigenvalue weighted by Gasteiger charge is 2.08. The second kappa shape index (κ2) is 2.72. The lowest BCUT2D eigenvalue weighted by Crippen LogP contribution is -2.56. The average molecular weight is 114 g/mol. The van der Waals surface area contributed by atoms with Gasteiger partial charge in [-0.25, -0.2) is 0 Å². The van der Waals surface area contributed by atoms with E-state index in [4.69, 9.17) is 4.74 Å². The standard InChI is InChI=1S/C6H11NO/c7-5-6-3-1-2-4-8-6/h2,4,6H,1,3,5,7H2/p+1/t6-/m1/s1. The summed E-state index contributed by atoms with van der Waals surface area (Å²) in [6.07, 6.45) is 6.51. The third kappa shape index (κ3) is 1.23. The highest BCUT2D eigenvalue weighted by molar-refractivity contribution is 4.81. The number of quaternary nitrogens is 1. The van der Waals surface area contributed by atoms with Crippen molar-refractivity contribution in [1.82, 2.24) is 0 Å². The number of rotatable bonds is 1. The van der Waals surface area contributed by atoms with Crippen LogP contribution in [0.2, 0.25) is 0 Å². The zero-order valence-electron chi connectivity index (χ0n) is 4.97. The third-order valence-electron chi connectivity index (χ3n) is 1.34. The van der Waals surface area contributed by atoms with E-state index in [-0.39, 0.29) is 0 Å². The van der Waals surface area contributed by atoms with Crippen molar-refractivity contribution in [2.24, 2.45) is 0 Å².